The molecule has 1 aliphatic heterocycles. The number of benzene rings is 1. The van der Waals surface area contributed by atoms with E-state index < -0.39 is 11.7 Å². The van der Waals surface area contributed by atoms with E-state index in [1.165, 1.54) is 11.8 Å². The van der Waals surface area contributed by atoms with Crippen LogP contribution in [0.25, 0.3) is 0 Å². The van der Waals surface area contributed by atoms with Crippen molar-refractivity contribution in [3.63, 3.8) is 0 Å². The lowest BCUT2D eigenvalue weighted by molar-refractivity contribution is -0.137. The Hall–Kier alpha value is -2.57. The lowest BCUT2D eigenvalue weighted by Gasteiger charge is -2.41. The van der Waals surface area contributed by atoms with E-state index in [-0.39, 0.29) is 11.9 Å². The first-order chi connectivity index (χ1) is 12.7. The second kappa shape index (κ2) is 7.58. The van der Waals surface area contributed by atoms with Gasteiger partial charge < -0.3 is 10.2 Å². The minimum atomic E-state index is -4.41. The Morgan fingerprint density at radius 1 is 1.22 bits per heavy atom. The highest BCUT2D eigenvalue weighted by Crippen LogP contribution is 2.31. The monoisotopic (exact) mass is 377 g/mol. The zero-order valence-corrected chi connectivity index (χ0v) is 15.3. The quantitative estimate of drug-likeness (QED) is 0.863. The summed E-state index contributed by atoms with van der Waals surface area (Å²) in [6.07, 6.45) is -1.90. The van der Waals surface area contributed by atoms with Crippen LogP contribution in [0.4, 0.5) is 18.9 Å². The van der Waals surface area contributed by atoms with Gasteiger partial charge in [-0.25, -0.2) is 0 Å². The number of nitrogens with one attached hydrogen (secondary N) is 1. The average molecular weight is 377 g/mol. The summed E-state index contributed by atoms with van der Waals surface area (Å²) in [5.74, 6) is 0.360. The Morgan fingerprint density at radius 3 is 2.48 bits per heavy atom. The van der Waals surface area contributed by atoms with Gasteiger partial charge in [0.25, 0.3) is 0 Å². The van der Waals surface area contributed by atoms with Gasteiger partial charge in [0.05, 0.1) is 29.9 Å². The first kappa shape index (κ1) is 19.2. The second-order valence-corrected chi connectivity index (χ2v) is 7.17. The SMILES string of the molecule is CC(C)c1ccc(CC(=O)NC2CN(c3cncc(C(F)(F)F)c3)C2)cc1. The predicted molar refractivity (Wildman–Crippen MR) is 97.6 cm³/mol. The van der Waals surface area contributed by atoms with Crippen molar-refractivity contribution in [1.82, 2.24) is 10.3 Å². The first-order valence-electron chi connectivity index (χ1n) is 8.88. The number of amides is 1. The molecule has 0 radical (unpaired) electrons. The maximum Gasteiger partial charge on any atom is 0.417 e. The van der Waals surface area contributed by atoms with Crippen LogP contribution in [0, 0.1) is 0 Å². The highest BCUT2D eigenvalue weighted by atomic mass is 19.4. The number of anilines is 1. The third-order valence-corrected chi connectivity index (χ3v) is 4.67. The molecule has 3 rings (SSSR count). The molecule has 4 nitrogen and oxygen atoms in total. The summed E-state index contributed by atoms with van der Waals surface area (Å²) in [4.78, 5) is 17.6. The van der Waals surface area contributed by atoms with Crippen molar-refractivity contribution in [3.05, 3.63) is 59.4 Å². The van der Waals surface area contributed by atoms with Crippen molar-refractivity contribution >= 4 is 11.6 Å². The number of halogens is 3. The fourth-order valence-corrected chi connectivity index (χ4v) is 3.02. The first-order valence-corrected chi connectivity index (χ1v) is 8.88. The van der Waals surface area contributed by atoms with Crippen molar-refractivity contribution < 1.29 is 18.0 Å². The molecule has 0 unspecified atom stereocenters. The van der Waals surface area contributed by atoms with Crippen LogP contribution in [-0.2, 0) is 17.4 Å². The molecule has 1 fully saturated rings. The fraction of sp³-hybridized carbons (Fsp3) is 0.400. The lowest BCUT2D eigenvalue weighted by Crippen LogP contribution is -2.59. The Morgan fingerprint density at radius 2 is 1.89 bits per heavy atom. The van der Waals surface area contributed by atoms with Crippen LogP contribution in [0.2, 0.25) is 0 Å². The zero-order chi connectivity index (χ0) is 19.6. The van der Waals surface area contributed by atoms with Gasteiger partial charge in [0, 0.05) is 19.3 Å². The van der Waals surface area contributed by atoms with Crippen LogP contribution in [0.5, 0.6) is 0 Å². The third-order valence-electron chi connectivity index (χ3n) is 4.67. The molecular weight excluding hydrogens is 355 g/mol. The number of hydrogen-bond acceptors (Lipinski definition) is 3. The molecule has 1 aliphatic rings. The van der Waals surface area contributed by atoms with Crippen LogP contribution < -0.4 is 10.2 Å². The molecule has 1 amide bonds. The van der Waals surface area contributed by atoms with E-state index in [4.69, 9.17) is 0 Å². The van der Waals surface area contributed by atoms with Crippen LogP contribution in [-0.4, -0.2) is 30.0 Å². The van der Waals surface area contributed by atoms with E-state index in [1.807, 2.05) is 24.3 Å². The number of aromatic nitrogens is 1. The van der Waals surface area contributed by atoms with Crippen LogP contribution in [0.1, 0.15) is 36.5 Å². The van der Waals surface area contributed by atoms with Gasteiger partial charge in [-0.1, -0.05) is 38.1 Å². The number of hydrogen-bond donors (Lipinski definition) is 1. The molecule has 0 saturated carbocycles. The molecule has 1 aromatic heterocycles. The van der Waals surface area contributed by atoms with E-state index in [0.29, 0.717) is 31.1 Å². The second-order valence-electron chi connectivity index (χ2n) is 7.17. The van der Waals surface area contributed by atoms with Gasteiger partial charge in [-0.05, 0) is 23.1 Å². The number of pyridine rings is 1. The largest absolute Gasteiger partial charge is 0.417 e. The van der Waals surface area contributed by atoms with E-state index in [9.17, 15) is 18.0 Å². The smallest absolute Gasteiger partial charge is 0.366 e. The van der Waals surface area contributed by atoms with Gasteiger partial charge in [0.15, 0.2) is 0 Å². The minimum Gasteiger partial charge on any atom is -0.366 e. The molecule has 0 aliphatic carbocycles. The van der Waals surface area contributed by atoms with Gasteiger partial charge in [-0.3, -0.25) is 9.78 Å². The summed E-state index contributed by atoms with van der Waals surface area (Å²) in [6, 6.07) is 8.98. The molecule has 1 aromatic carbocycles. The van der Waals surface area contributed by atoms with Crippen molar-refractivity contribution in [2.45, 2.75) is 38.4 Å². The minimum absolute atomic E-state index is 0.0676. The van der Waals surface area contributed by atoms with Crippen molar-refractivity contribution in [2.75, 3.05) is 18.0 Å². The molecule has 1 saturated heterocycles. The van der Waals surface area contributed by atoms with Gasteiger partial charge in [0.2, 0.25) is 5.91 Å². The van der Waals surface area contributed by atoms with Gasteiger partial charge >= 0.3 is 6.18 Å². The fourth-order valence-electron chi connectivity index (χ4n) is 3.02. The molecule has 27 heavy (non-hydrogen) atoms. The Balaban J connectivity index is 1.49. The summed E-state index contributed by atoms with van der Waals surface area (Å²) in [5, 5.41) is 2.92. The van der Waals surface area contributed by atoms with Gasteiger partial charge in [-0.15, -0.1) is 0 Å². The molecule has 0 atom stereocenters. The summed E-state index contributed by atoms with van der Waals surface area (Å²) >= 11 is 0. The number of nitrogens with zero attached hydrogens (tertiary/aromatic N) is 2. The van der Waals surface area contributed by atoms with Crippen LogP contribution in [0.15, 0.2) is 42.7 Å². The molecule has 7 heteroatoms. The maximum absolute atomic E-state index is 12.8. The Labute approximate surface area is 156 Å². The zero-order valence-electron chi connectivity index (χ0n) is 15.3. The standard InChI is InChI=1S/C20H22F3N3O/c1-13(2)15-5-3-14(4-6-15)7-19(27)25-17-11-26(12-17)18-8-16(9-24-10-18)20(21,22)23/h3-6,8-10,13,17H,7,11-12H2,1-2H3,(H,25,27). The number of carbonyl (C=O) groups excluding carboxylic acids is 1. The molecule has 2 heterocycles. The maximum atomic E-state index is 12.8. The van der Waals surface area contributed by atoms with Crippen LogP contribution in [0.3, 0.4) is 0 Å². The molecule has 2 aromatic rings. The average Bonchev–Trinajstić information content (AvgIpc) is 2.57. The summed E-state index contributed by atoms with van der Waals surface area (Å²) in [7, 11) is 0. The van der Waals surface area contributed by atoms with E-state index in [2.05, 4.69) is 24.1 Å². The highest BCUT2D eigenvalue weighted by molar-refractivity contribution is 5.79. The number of carbonyl (C=O) groups is 1. The highest BCUT2D eigenvalue weighted by Gasteiger charge is 2.33. The van der Waals surface area contributed by atoms with Crippen molar-refractivity contribution in [1.29, 1.82) is 0 Å². The lowest BCUT2D eigenvalue weighted by atomic mass is 10.0. The topological polar surface area (TPSA) is 45.2 Å². The predicted octanol–water partition coefficient (Wildman–Crippen LogP) is 3.77. The Kier molecular flexibility index (Phi) is 5.39. The molecular formula is C20H22F3N3O. The summed E-state index contributed by atoms with van der Waals surface area (Å²) < 4.78 is 38.3. The van der Waals surface area contributed by atoms with Crippen LogP contribution >= 0.6 is 0 Å². The summed E-state index contributed by atoms with van der Waals surface area (Å²) in [5.41, 5.74) is 1.82. The number of alkyl halides is 3. The van der Waals surface area contributed by atoms with Gasteiger partial charge in [0.1, 0.15) is 0 Å². The molecule has 0 spiro atoms. The van der Waals surface area contributed by atoms with E-state index >= 15 is 0 Å². The summed E-state index contributed by atoms with van der Waals surface area (Å²) in [6.45, 7) is 5.18. The van der Waals surface area contributed by atoms with E-state index in [0.717, 1.165) is 17.8 Å². The normalized spacial score (nSPS) is 15.0. The van der Waals surface area contributed by atoms with E-state index in [1.54, 1.807) is 4.90 Å². The third kappa shape index (κ3) is 4.78. The van der Waals surface area contributed by atoms with Crippen molar-refractivity contribution in [3.8, 4) is 0 Å². The Bertz CT molecular complexity index is 797. The molecule has 144 valence electrons. The van der Waals surface area contributed by atoms with Gasteiger partial charge in [-0.2, -0.15) is 13.2 Å². The molecule has 0 bridgehead atoms. The number of rotatable bonds is 5. The van der Waals surface area contributed by atoms with Crippen molar-refractivity contribution in [2.24, 2.45) is 0 Å². The molecule has 1 N–H and O–H groups in total.